The van der Waals surface area contributed by atoms with Crippen molar-refractivity contribution in [2.24, 2.45) is 0 Å². The summed E-state index contributed by atoms with van der Waals surface area (Å²) in [4.78, 5) is 15.1. The molecule has 1 aromatic heterocycles. The van der Waals surface area contributed by atoms with E-state index in [0.717, 1.165) is 6.07 Å². The van der Waals surface area contributed by atoms with Crippen LogP contribution in [0.2, 0.25) is 0 Å². The van der Waals surface area contributed by atoms with Crippen molar-refractivity contribution in [2.75, 3.05) is 0 Å². The van der Waals surface area contributed by atoms with Gasteiger partial charge in [0.1, 0.15) is 17.4 Å². The fraction of sp³-hybridized carbons (Fsp3) is 0. The van der Waals surface area contributed by atoms with Crippen LogP contribution in [0, 0.1) is 5.82 Å². The highest BCUT2D eigenvalue weighted by Gasteiger charge is 2.13. The van der Waals surface area contributed by atoms with Crippen LogP contribution < -0.4 is 0 Å². The minimum atomic E-state index is -1.19. The van der Waals surface area contributed by atoms with Crippen LogP contribution in [-0.2, 0) is 0 Å². The summed E-state index contributed by atoms with van der Waals surface area (Å²) in [6.45, 7) is 0. The lowest BCUT2D eigenvalue weighted by molar-refractivity contribution is 0.0696. The summed E-state index contributed by atoms with van der Waals surface area (Å²) < 4.78 is 15.7. The van der Waals surface area contributed by atoms with E-state index in [9.17, 15) is 14.3 Å². The number of carboxylic acids is 1. The topological polar surface area (TPSA) is 75.3 Å². The van der Waals surface area contributed by atoms with Gasteiger partial charge in [-0.05, 0) is 42.5 Å². The first-order valence-corrected chi connectivity index (χ1v) is 6.42. The van der Waals surface area contributed by atoms with Crippen LogP contribution in [0.1, 0.15) is 10.4 Å². The molecule has 2 N–H and O–H groups in total. The van der Waals surface area contributed by atoms with Gasteiger partial charge in [0.05, 0.1) is 11.3 Å². The third-order valence-corrected chi connectivity index (χ3v) is 3.22. The third-order valence-electron chi connectivity index (χ3n) is 3.22. The summed E-state index contributed by atoms with van der Waals surface area (Å²) >= 11 is 0. The second kappa shape index (κ2) is 5.33. The van der Waals surface area contributed by atoms with Crippen LogP contribution in [0.15, 0.2) is 54.9 Å². The number of nitrogens with zero attached hydrogens (tertiary/aromatic N) is 2. The molecule has 3 aromatic rings. The van der Waals surface area contributed by atoms with E-state index in [1.54, 1.807) is 18.3 Å². The summed E-state index contributed by atoms with van der Waals surface area (Å²) in [5.74, 6) is -1.23. The number of hydrogen-bond acceptors (Lipinski definition) is 3. The van der Waals surface area contributed by atoms with E-state index in [4.69, 9.17) is 5.11 Å². The largest absolute Gasteiger partial charge is 0.508 e. The average molecular weight is 298 g/mol. The summed E-state index contributed by atoms with van der Waals surface area (Å²) in [6.07, 6.45) is 3.10. The lowest BCUT2D eigenvalue weighted by atomic mass is 10.1. The molecule has 6 heteroatoms. The molecule has 0 aliphatic heterocycles. The summed E-state index contributed by atoms with van der Waals surface area (Å²) in [5, 5.41) is 18.2. The number of hydrogen-bond donors (Lipinski definition) is 2. The van der Waals surface area contributed by atoms with Gasteiger partial charge in [0.15, 0.2) is 0 Å². The minimum absolute atomic E-state index is 0.118. The molecule has 1 heterocycles. The van der Waals surface area contributed by atoms with Gasteiger partial charge in [-0.1, -0.05) is 0 Å². The van der Waals surface area contributed by atoms with Gasteiger partial charge in [-0.3, -0.25) is 4.57 Å². The number of aromatic nitrogens is 2. The van der Waals surface area contributed by atoms with Crippen LogP contribution in [0.4, 0.5) is 4.39 Å². The Morgan fingerprint density at radius 2 is 1.86 bits per heavy atom. The molecule has 0 spiro atoms. The number of phenolic OH excluding ortho intramolecular Hbond substituents is 1. The van der Waals surface area contributed by atoms with E-state index in [-0.39, 0.29) is 17.0 Å². The Kier molecular flexibility index (Phi) is 3.34. The second-order valence-electron chi connectivity index (χ2n) is 4.64. The molecule has 0 unspecified atom stereocenters. The fourth-order valence-corrected chi connectivity index (χ4v) is 2.16. The molecule has 0 radical (unpaired) electrons. The SMILES string of the molecule is O=C(O)c1ccc(-n2ccnc2-c2ccc(O)cc2)c(F)c1. The Morgan fingerprint density at radius 1 is 1.14 bits per heavy atom. The molecule has 0 aliphatic rings. The van der Waals surface area contributed by atoms with Crippen LogP contribution in [0.5, 0.6) is 5.75 Å². The van der Waals surface area contributed by atoms with E-state index in [2.05, 4.69) is 4.98 Å². The molecule has 110 valence electrons. The maximum atomic E-state index is 14.2. The Bertz CT molecular complexity index is 841. The van der Waals surface area contributed by atoms with Gasteiger partial charge in [-0.2, -0.15) is 0 Å². The summed E-state index contributed by atoms with van der Waals surface area (Å²) in [6, 6.07) is 10.1. The van der Waals surface area contributed by atoms with Gasteiger partial charge >= 0.3 is 5.97 Å². The van der Waals surface area contributed by atoms with E-state index in [1.807, 2.05) is 0 Å². The molecule has 3 rings (SSSR count). The first kappa shape index (κ1) is 13.8. The van der Waals surface area contributed by atoms with E-state index in [1.165, 1.54) is 35.0 Å². The average Bonchev–Trinajstić information content (AvgIpc) is 2.97. The van der Waals surface area contributed by atoms with Crippen molar-refractivity contribution in [3.63, 3.8) is 0 Å². The molecule has 0 fully saturated rings. The van der Waals surface area contributed by atoms with E-state index >= 15 is 0 Å². The Labute approximate surface area is 124 Å². The number of carboxylic acid groups (broad SMARTS) is 1. The van der Waals surface area contributed by atoms with Gasteiger partial charge in [-0.15, -0.1) is 0 Å². The van der Waals surface area contributed by atoms with Gasteiger partial charge < -0.3 is 10.2 Å². The normalized spacial score (nSPS) is 10.6. The molecule has 0 bridgehead atoms. The number of rotatable bonds is 3. The molecule has 0 atom stereocenters. The quantitative estimate of drug-likeness (QED) is 0.779. The first-order valence-electron chi connectivity index (χ1n) is 6.42. The number of aromatic carboxylic acids is 1. The van der Waals surface area contributed by atoms with Crippen molar-refractivity contribution in [1.82, 2.24) is 9.55 Å². The highest BCUT2D eigenvalue weighted by atomic mass is 19.1. The Balaban J connectivity index is 2.09. The van der Waals surface area contributed by atoms with Crippen molar-refractivity contribution in [3.05, 3.63) is 66.2 Å². The molecule has 5 nitrogen and oxygen atoms in total. The van der Waals surface area contributed by atoms with Gasteiger partial charge in [0.2, 0.25) is 0 Å². The van der Waals surface area contributed by atoms with Crippen LogP contribution in [0.3, 0.4) is 0 Å². The molecule has 22 heavy (non-hydrogen) atoms. The lowest BCUT2D eigenvalue weighted by Crippen LogP contribution is -2.03. The third kappa shape index (κ3) is 2.42. The van der Waals surface area contributed by atoms with Crippen molar-refractivity contribution >= 4 is 5.97 Å². The monoisotopic (exact) mass is 298 g/mol. The van der Waals surface area contributed by atoms with Gasteiger partial charge in [-0.25, -0.2) is 14.2 Å². The minimum Gasteiger partial charge on any atom is -0.508 e. The number of aromatic hydroxyl groups is 1. The molecule has 0 amide bonds. The zero-order valence-corrected chi connectivity index (χ0v) is 11.3. The number of halogens is 1. The smallest absolute Gasteiger partial charge is 0.335 e. The predicted molar refractivity (Wildman–Crippen MR) is 77.6 cm³/mol. The second-order valence-corrected chi connectivity index (χ2v) is 4.64. The first-order chi connectivity index (χ1) is 10.6. The van der Waals surface area contributed by atoms with Gasteiger partial charge in [0, 0.05) is 18.0 Å². The summed E-state index contributed by atoms with van der Waals surface area (Å²) in [5.41, 5.74) is 0.780. The number of imidazole rings is 1. The zero-order chi connectivity index (χ0) is 15.7. The van der Waals surface area contributed by atoms with Crippen molar-refractivity contribution in [3.8, 4) is 22.8 Å². The molecule has 0 aliphatic carbocycles. The number of benzene rings is 2. The lowest BCUT2D eigenvalue weighted by Gasteiger charge is -2.10. The molecule has 0 saturated heterocycles. The maximum Gasteiger partial charge on any atom is 0.335 e. The van der Waals surface area contributed by atoms with E-state index < -0.39 is 11.8 Å². The highest BCUT2D eigenvalue weighted by molar-refractivity contribution is 5.87. The summed E-state index contributed by atoms with van der Waals surface area (Å²) in [7, 11) is 0. The molecular weight excluding hydrogens is 287 g/mol. The standard InChI is InChI=1S/C16H11FN2O3/c17-13-9-11(16(21)22)3-6-14(13)19-8-7-18-15(19)10-1-4-12(20)5-2-10/h1-9,20H,(H,21,22). The Morgan fingerprint density at radius 3 is 2.50 bits per heavy atom. The van der Waals surface area contributed by atoms with Crippen molar-refractivity contribution in [1.29, 1.82) is 0 Å². The fourth-order valence-electron chi connectivity index (χ4n) is 2.16. The molecule has 2 aromatic carbocycles. The number of phenols is 1. The van der Waals surface area contributed by atoms with Gasteiger partial charge in [0.25, 0.3) is 0 Å². The molecular formula is C16H11FN2O3. The Hall–Kier alpha value is -3.15. The number of carbonyl (C=O) groups is 1. The highest BCUT2D eigenvalue weighted by Crippen LogP contribution is 2.25. The predicted octanol–water partition coefficient (Wildman–Crippen LogP) is 3.08. The van der Waals surface area contributed by atoms with Crippen molar-refractivity contribution in [2.45, 2.75) is 0 Å². The van der Waals surface area contributed by atoms with Crippen LogP contribution in [0.25, 0.3) is 17.1 Å². The zero-order valence-electron chi connectivity index (χ0n) is 11.3. The van der Waals surface area contributed by atoms with Crippen molar-refractivity contribution < 1.29 is 19.4 Å². The molecule has 0 saturated carbocycles. The maximum absolute atomic E-state index is 14.2. The van der Waals surface area contributed by atoms with Crippen LogP contribution in [-0.4, -0.2) is 25.7 Å². The van der Waals surface area contributed by atoms with Crippen LogP contribution >= 0.6 is 0 Å². The van der Waals surface area contributed by atoms with E-state index in [0.29, 0.717) is 11.4 Å².